The fourth-order valence-electron chi connectivity index (χ4n) is 2.00. The standard InChI is InChI=1S/C18H17F2NO6S/c19-18(20)27-15-4-1-13(2-5-15)3-10-17(22)26-12-11-25-14-6-8-16(9-7-14)28(21,23)24/h1-10,18H,11-12H2,(H2,21,23,24)/b10-3+. The average Bonchev–Trinajstić information content (AvgIpc) is 2.64. The van der Waals surface area contributed by atoms with Crippen LogP contribution >= 0.6 is 0 Å². The van der Waals surface area contributed by atoms with Crippen molar-refractivity contribution in [2.75, 3.05) is 13.2 Å². The van der Waals surface area contributed by atoms with Gasteiger partial charge in [0.2, 0.25) is 10.0 Å². The molecular formula is C18H17F2NO6S. The normalized spacial score (nSPS) is 11.6. The first-order valence-corrected chi connectivity index (χ1v) is 9.44. The summed E-state index contributed by atoms with van der Waals surface area (Å²) in [5, 5.41) is 4.99. The second-order valence-electron chi connectivity index (χ2n) is 5.31. The molecule has 0 radical (unpaired) electrons. The van der Waals surface area contributed by atoms with Gasteiger partial charge >= 0.3 is 12.6 Å². The fraction of sp³-hybridized carbons (Fsp3) is 0.167. The number of nitrogens with two attached hydrogens (primary N) is 1. The van der Waals surface area contributed by atoms with E-state index in [4.69, 9.17) is 14.6 Å². The number of primary sulfonamides is 1. The second-order valence-corrected chi connectivity index (χ2v) is 6.87. The number of halogens is 2. The van der Waals surface area contributed by atoms with Crippen LogP contribution in [0.15, 0.2) is 59.5 Å². The van der Waals surface area contributed by atoms with Gasteiger partial charge in [-0.25, -0.2) is 18.4 Å². The molecule has 0 heterocycles. The molecule has 0 amide bonds. The van der Waals surface area contributed by atoms with Crippen LogP contribution in [0.4, 0.5) is 8.78 Å². The minimum atomic E-state index is -3.77. The van der Waals surface area contributed by atoms with Gasteiger partial charge in [-0.2, -0.15) is 8.78 Å². The Morgan fingerprint density at radius 2 is 1.61 bits per heavy atom. The molecule has 10 heteroatoms. The lowest BCUT2D eigenvalue weighted by atomic mass is 10.2. The molecule has 0 saturated heterocycles. The Bertz CT molecular complexity index is 912. The SMILES string of the molecule is NS(=O)(=O)c1ccc(OCCOC(=O)/C=C/c2ccc(OC(F)F)cc2)cc1. The summed E-state index contributed by atoms with van der Waals surface area (Å²) in [5.41, 5.74) is 0.602. The minimum absolute atomic E-state index is 0.0176. The molecule has 0 aliphatic heterocycles. The van der Waals surface area contributed by atoms with Crippen molar-refractivity contribution in [2.45, 2.75) is 11.5 Å². The number of carbonyl (C=O) groups is 1. The topological polar surface area (TPSA) is 105 Å². The molecule has 0 fully saturated rings. The van der Waals surface area contributed by atoms with Crippen molar-refractivity contribution in [3.63, 3.8) is 0 Å². The first kappa shape index (κ1) is 21.3. The Hall–Kier alpha value is -2.98. The molecule has 7 nitrogen and oxygen atoms in total. The van der Waals surface area contributed by atoms with Gasteiger partial charge in [0.1, 0.15) is 24.7 Å². The molecule has 0 spiro atoms. The maximum atomic E-state index is 12.1. The molecule has 0 aliphatic rings. The molecule has 2 aromatic carbocycles. The lowest BCUT2D eigenvalue weighted by molar-refractivity contribution is -0.138. The van der Waals surface area contributed by atoms with Crippen LogP contribution in [0.25, 0.3) is 6.08 Å². The van der Waals surface area contributed by atoms with E-state index in [2.05, 4.69) is 4.74 Å². The number of hydrogen-bond donors (Lipinski definition) is 1. The zero-order chi connectivity index (χ0) is 20.6. The lowest BCUT2D eigenvalue weighted by Gasteiger charge is -2.07. The summed E-state index contributed by atoms with van der Waals surface area (Å²) in [6, 6.07) is 11.2. The van der Waals surface area contributed by atoms with E-state index in [1.54, 1.807) is 0 Å². The van der Waals surface area contributed by atoms with Gasteiger partial charge in [0.15, 0.2) is 0 Å². The van der Waals surface area contributed by atoms with Crippen LogP contribution in [0.5, 0.6) is 11.5 Å². The van der Waals surface area contributed by atoms with Gasteiger partial charge in [-0.3, -0.25) is 0 Å². The number of rotatable bonds is 9. The number of ether oxygens (including phenoxy) is 3. The average molecular weight is 413 g/mol. The molecule has 0 unspecified atom stereocenters. The summed E-state index contributed by atoms with van der Waals surface area (Å²) in [4.78, 5) is 11.6. The van der Waals surface area contributed by atoms with Gasteiger partial charge in [0.05, 0.1) is 4.90 Å². The molecule has 0 atom stereocenters. The van der Waals surface area contributed by atoms with Crippen LogP contribution in [-0.4, -0.2) is 34.2 Å². The summed E-state index contributed by atoms with van der Waals surface area (Å²) in [7, 11) is -3.77. The lowest BCUT2D eigenvalue weighted by Crippen LogP contribution is -2.12. The molecule has 0 aliphatic carbocycles. The Labute approximate surface area is 160 Å². The second kappa shape index (κ2) is 9.81. The van der Waals surface area contributed by atoms with E-state index in [9.17, 15) is 22.0 Å². The predicted octanol–water partition coefficient (Wildman–Crippen LogP) is 2.57. The highest BCUT2D eigenvalue weighted by Gasteiger charge is 2.07. The minimum Gasteiger partial charge on any atom is -0.490 e. The van der Waals surface area contributed by atoms with E-state index >= 15 is 0 Å². The molecule has 150 valence electrons. The molecule has 2 rings (SSSR count). The Balaban J connectivity index is 1.73. The first-order chi connectivity index (χ1) is 13.2. The summed E-state index contributed by atoms with van der Waals surface area (Å²) in [6.07, 6.45) is 2.64. The van der Waals surface area contributed by atoms with E-state index in [1.165, 1.54) is 60.7 Å². The van der Waals surface area contributed by atoms with Crippen molar-refractivity contribution in [1.29, 1.82) is 0 Å². The van der Waals surface area contributed by atoms with E-state index in [1.807, 2.05) is 0 Å². The molecule has 2 N–H and O–H groups in total. The zero-order valence-corrected chi connectivity index (χ0v) is 15.3. The monoisotopic (exact) mass is 413 g/mol. The highest BCUT2D eigenvalue weighted by Crippen LogP contribution is 2.16. The molecule has 0 saturated carbocycles. The van der Waals surface area contributed by atoms with Crippen LogP contribution in [-0.2, 0) is 19.6 Å². The molecule has 2 aromatic rings. The quantitative estimate of drug-likeness (QED) is 0.385. The van der Waals surface area contributed by atoms with Crippen molar-refractivity contribution in [3.05, 3.63) is 60.2 Å². The van der Waals surface area contributed by atoms with Crippen LogP contribution < -0.4 is 14.6 Å². The van der Waals surface area contributed by atoms with Gasteiger partial charge in [0.25, 0.3) is 0 Å². The molecule has 0 bridgehead atoms. The van der Waals surface area contributed by atoms with Gasteiger partial charge in [-0.15, -0.1) is 0 Å². The summed E-state index contributed by atoms with van der Waals surface area (Å²) < 4.78 is 60.9. The van der Waals surface area contributed by atoms with E-state index < -0.39 is 22.6 Å². The number of carbonyl (C=O) groups excluding carboxylic acids is 1. The van der Waals surface area contributed by atoms with E-state index in [-0.39, 0.29) is 23.9 Å². The maximum absolute atomic E-state index is 12.1. The fourth-order valence-corrected chi connectivity index (χ4v) is 2.52. The summed E-state index contributed by atoms with van der Waals surface area (Å²) >= 11 is 0. The third-order valence-corrected chi connectivity index (χ3v) is 4.20. The molecule has 0 aromatic heterocycles. The van der Waals surface area contributed by atoms with Crippen LogP contribution in [0.1, 0.15) is 5.56 Å². The van der Waals surface area contributed by atoms with Gasteiger partial charge in [0, 0.05) is 6.08 Å². The smallest absolute Gasteiger partial charge is 0.387 e. The molecular weight excluding hydrogens is 396 g/mol. The number of hydrogen-bond acceptors (Lipinski definition) is 6. The van der Waals surface area contributed by atoms with E-state index in [0.29, 0.717) is 11.3 Å². The first-order valence-electron chi connectivity index (χ1n) is 7.89. The number of benzene rings is 2. The van der Waals surface area contributed by atoms with Crippen molar-refractivity contribution in [2.24, 2.45) is 5.14 Å². The van der Waals surface area contributed by atoms with E-state index in [0.717, 1.165) is 0 Å². The highest BCUT2D eigenvalue weighted by molar-refractivity contribution is 7.89. The Morgan fingerprint density at radius 3 is 2.18 bits per heavy atom. The Kier molecular flexibility index (Phi) is 7.47. The van der Waals surface area contributed by atoms with Gasteiger partial charge < -0.3 is 14.2 Å². The van der Waals surface area contributed by atoms with Crippen molar-refractivity contribution < 1.29 is 36.2 Å². The highest BCUT2D eigenvalue weighted by atomic mass is 32.2. The number of sulfonamides is 1. The summed E-state index contributed by atoms with van der Waals surface area (Å²) in [6.45, 7) is -2.86. The van der Waals surface area contributed by atoms with Crippen LogP contribution in [0, 0.1) is 0 Å². The third kappa shape index (κ3) is 7.33. The molecule has 28 heavy (non-hydrogen) atoms. The number of esters is 1. The predicted molar refractivity (Wildman–Crippen MR) is 96.4 cm³/mol. The van der Waals surface area contributed by atoms with Gasteiger partial charge in [-0.1, -0.05) is 12.1 Å². The summed E-state index contributed by atoms with van der Waals surface area (Å²) in [5.74, 6) is -0.199. The third-order valence-electron chi connectivity index (χ3n) is 3.27. The van der Waals surface area contributed by atoms with Crippen molar-refractivity contribution in [3.8, 4) is 11.5 Å². The zero-order valence-electron chi connectivity index (χ0n) is 14.5. The maximum Gasteiger partial charge on any atom is 0.387 e. The van der Waals surface area contributed by atoms with Crippen molar-refractivity contribution in [1.82, 2.24) is 0 Å². The largest absolute Gasteiger partial charge is 0.490 e. The van der Waals surface area contributed by atoms with Crippen LogP contribution in [0.3, 0.4) is 0 Å². The van der Waals surface area contributed by atoms with Gasteiger partial charge in [-0.05, 0) is 48.0 Å². The number of alkyl halides is 2. The Morgan fingerprint density at radius 1 is 1.00 bits per heavy atom. The van der Waals surface area contributed by atoms with Crippen LogP contribution in [0.2, 0.25) is 0 Å². The van der Waals surface area contributed by atoms with Crippen molar-refractivity contribution >= 4 is 22.1 Å².